The number of nitrogens with zero attached hydrogens (tertiary/aromatic N) is 3. The predicted molar refractivity (Wildman–Crippen MR) is 70.4 cm³/mol. The van der Waals surface area contributed by atoms with Crippen LogP contribution in [0.15, 0.2) is 28.1 Å². The SMILES string of the molecule is NCc1nc(-c2nc(-c3ccc(O)c(F)c3)no2)cs1. The Morgan fingerprint density at radius 1 is 1.35 bits per heavy atom. The average Bonchev–Trinajstić information content (AvgIpc) is 3.09. The molecule has 0 saturated carbocycles. The van der Waals surface area contributed by atoms with Gasteiger partial charge in [0.15, 0.2) is 11.6 Å². The number of aromatic hydroxyl groups is 1. The second-order valence-corrected chi connectivity index (χ2v) is 4.86. The van der Waals surface area contributed by atoms with Gasteiger partial charge in [0.1, 0.15) is 10.7 Å². The number of rotatable bonds is 3. The zero-order valence-corrected chi connectivity index (χ0v) is 10.9. The molecule has 0 aliphatic heterocycles. The Labute approximate surface area is 116 Å². The van der Waals surface area contributed by atoms with E-state index in [0.717, 1.165) is 11.1 Å². The molecule has 0 aliphatic carbocycles. The molecule has 0 unspecified atom stereocenters. The Balaban J connectivity index is 1.95. The highest BCUT2D eigenvalue weighted by Crippen LogP contribution is 2.26. The Hall–Kier alpha value is -2.32. The molecule has 2 aromatic heterocycles. The molecule has 102 valence electrons. The van der Waals surface area contributed by atoms with E-state index in [9.17, 15) is 4.39 Å². The van der Waals surface area contributed by atoms with Crippen LogP contribution in [-0.4, -0.2) is 20.2 Å². The van der Waals surface area contributed by atoms with Crippen LogP contribution >= 0.6 is 11.3 Å². The van der Waals surface area contributed by atoms with Gasteiger partial charge >= 0.3 is 0 Å². The summed E-state index contributed by atoms with van der Waals surface area (Å²) in [6, 6.07) is 3.87. The number of hydrogen-bond donors (Lipinski definition) is 2. The first-order valence-electron chi connectivity index (χ1n) is 5.65. The number of hydrogen-bond acceptors (Lipinski definition) is 7. The highest BCUT2D eigenvalue weighted by Gasteiger charge is 2.14. The van der Waals surface area contributed by atoms with Crippen molar-refractivity contribution in [1.82, 2.24) is 15.1 Å². The summed E-state index contributed by atoms with van der Waals surface area (Å²) in [5.41, 5.74) is 6.43. The van der Waals surface area contributed by atoms with Gasteiger partial charge in [-0.1, -0.05) is 5.16 Å². The summed E-state index contributed by atoms with van der Waals surface area (Å²) in [6.45, 7) is 0.342. The molecular formula is C12H9FN4O2S. The monoisotopic (exact) mass is 292 g/mol. The summed E-state index contributed by atoms with van der Waals surface area (Å²) in [5.74, 6) is -0.705. The summed E-state index contributed by atoms with van der Waals surface area (Å²) in [5, 5.41) is 15.4. The molecule has 0 amide bonds. The predicted octanol–water partition coefficient (Wildman–Crippen LogP) is 2.16. The van der Waals surface area contributed by atoms with Crippen molar-refractivity contribution in [2.24, 2.45) is 5.73 Å². The maximum Gasteiger partial charge on any atom is 0.277 e. The van der Waals surface area contributed by atoms with Gasteiger partial charge in [-0.2, -0.15) is 4.98 Å². The summed E-state index contributed by atoms with van der Waals surface area (Å²) in [7, 11) is 0. The fourth-order valence-electron chi connectivity index (χ4n) is 1.59. The Morgan fingerprint density at radius 2 is 2.20 bits per heavy atom. The van der Waals surface area contributed by atoms with Crippen LogP contribution in [0.2, 0.25) is 0 Å². The third kappa shape index (κ3) is 2.26. The van der Waals surface area contributed by atoms with E-state index >= 15 is 0 Å². The molecule has 8 heteroatoms. The van der Waals surface area contributed by atoms with Crippen molar-refractivity contribution < 1.29 is 14.0 Å². The van der Waals surface area contributed by atoms with E-state index < -0.39 is 11.6 Å². The van der Waals surface area contributed by atoms with Gasteiger partial charge in [-0.05, 0) is 18.2 Å². The number of phenolic OH excluding ortho intramolecular Hbond substituents is 1. The first kappa shape index (κ1) is 12.7. The minimum Gasteiger partial charge on any atom is -0.505 e. The van der Waals surface area contributed by atoms with E-state index in [0.29, 0.717) is 17.8 Å². The lowest BCUT2D eigenvalue weighted by Gasteiger charge is -1.96. The van der Waals surface area contributed by atoms with Crippen molar-refractivity contribution in [2.75, 3.05) is 0 Å². The highest BCUT2D eigenvalue weighted by atomic mass is 32.1. The lowest BCUT2D eigenvalue weighted by Crippen LogP contribution is -1.94. The van der Waals surface area contributed by atoms with Crippen LogP contribution in [-0.2, 0) is 6.54 Å². The minimum atomic E-state index is -0.743. The van der Waals surface area contributed by atoms with Gasteiger partial charge in [0.05, 0.1) is 0 Å². The molecule has 6 nitrogen and oxygen atoms in total. The molecule has 0 saturated heterocycles. The van der Waals surface area contributed by atoms with Crippen molar-refractivity contribution in [1.29, 1.82) is 0 Å². The van der Waals surface area contributed by atoms with E-state index in [2.05, 4.69) is 15.1 Å². The molecule has 0 atom stereocenters. The van der Waals surface area contributed by atoms with E-state index in [4.69, 9.17) is 15.4 Å². The van der Waals surface area contributed by atoms with Crippen molar-refractivity contribution in [2.45, 2.75) is 6.54 Å². The quantitative estimate of drug-likeness (QED) is 0.767. The highest BCUT2D eigenvalue weighted by molar-refractivity contribution is 7.09. The van der Waals surface area contributed by atoms with Crippen LogP contribution in [0.3, 0.4) is 0 Å². The molecule has 0 bridgehead atoms. The number of benzene rings is 1. The van der Waals surface area contributed by atoms with Gasteiger partial charge < -0.3 is 15.4 Å². The van der Waals surface area contributed by atoms with Gasteiger partial charge in [-0.3, -0.25) is 0 Å². The molecule has 1 aromatic carbocycles. The maximum atomic E-state index is 13.3. The van der Waals surface area contributed by atoms with Gasteiger partial charge in [-0.15, -0.1) is 11.3 Å². The fraction of sp³-hybridized carbons (Fsp3) is 0.0833. The minimum absolute atomic E-state index is 0.223. The number of thiazole rings is 1. The van der Waals surface area contributed by atoms with Crippen LogP contribution in [0.25, 0.3) is 23.0 Å². The van der Waals surface area contributed by atoms with Crippen molar-refractivity contribution in [3.8, 4) is 28.7 Å². The third-order valence-corrected chi connectivity index (χ3v) is 3.45. The molecule has 3 aromatic rings. The fourth-order valence-corrected chi connectivity index (χ4v) is 2.24. The van der Waals surface area contributed by atoms with Crippen molar-refractivity contribution >= 4 is 11.3 Å². The Morgan fingerprint density at radius 3 is 2.90 bits per heavy atom. The van der Waals surface area contributed by atoms with Crippen molar-refractivity contribution in [3.63, 3.8) is 0 Å². The molecule has 3 N–H and O–H groups in total. The topological polar surface area (TPSA) is 98.1 Å². The van der Waals surface area contributed by atoms with Crippen LogP contribution in [0.5, 0.6) is 5.75 Å². The largest absolute Gasteiger partial charge is 0.505 e. The molecule has 0 fully saturated rings. The zero-order chi connectivity index (χ0) is 14.1. The van der Waals surface area contributed by atoms with Crippen LogP contribution in [0, 0.1) is 5.82 Å². The second kappa shape index (κ2) is 4.99. The first-order valence-corrected chi connectivity index (χ1v) is 6.53. The molecule has 0 aliphatic rings. The first-order chi connectivity index (χ1) is 9.67. The van der Waals surface area contributed by atoms with E-state index in [1.165, 1.54) is 23.5 Å². The Bertz CT molecular complexity index is 756. The number of aromatic nitrogens is 3. The molecule has 0 radical (unpaired) electrons. The molecule has 0 spiro atoms. The summed E-state index contributed by atoms with van der Waals surface area (Å²) in [4.78, 5) is 8.37. The maximum absolute atomic E-state index is 13.3. The third-order valence-electron chi connectivity index (χ3n) is 2.58. The summed E-state index contributed by atoms with van der Waals surface area (Å²) in [6.07, 6.45) is 0. The van der Waals surface area contributed by atoms with E-state index in [-0.39, 0.29) is 11.7 Å². The number of nitrogens with two attached hydrogens (primary N) is 1. The summed E-state index contributed by atoms with van der Waals surface area (Å²) < 4.78 is 18.4. The average molecular weight is 292 g/mol. The van der Waals surface area contributed by atoms with Crippen LogP contribution < -0.4 is 5.73 Å². The standard InChI is InChI=1S/C12H9FN4O2S/c13-7-3-6(1-2-9(7)18)11-16-12(19-17-11)8-5-20-10(4-14)15-8/h1-3,5,18H,4,14H2. The molecule has 3 rings (SSSR count). The molecular weight excluding hydrogens is 283 g/mol. The lowest BCUT2D eigenvalue weighted by molar-refractivity contribution is 0.429. The number of phenols is 1. The van der Waals surface area contributed by atoms with Gasteiger partial charge in [-0.25, -0.2) is 9.37 Å². The van der Waals surface area contributed by atoms with E-state index in [1.807, 2.05) is 0 Å². The van der Waals surface area contributed by atoms with E-state index in [1.54, 1.807) is 5.38 Å². The molecule has 20 heavy (non-hydrogen) atoms. The molecule has 2 heterocycles. The van der Waals surface area contributed by atoms with Gasteiger partial charge in [0, 0.05) is 17.5 Å². The van der Waals surface area contributed by atoms with Crippen molar-refractivity contribution in [3.05, 3.63) is 34.4 Å². The number of halogens is 1. The van der Waals surface area contributed by atoms with Crippen LogP contribution in [0.1, 0.15) is 5.01 Å². The Kier molecular flexibility index (Phi) is 3.17. The lowest BCUT2D eigenvalue weighted by atomic mass is 10.2. The normalized spacial score (nSPS) is 10.9. The summed E-state index contributed by atoms with van der Waals surface area (Å²) >= 11 is 1.40. The van der Waals surface area contributed by atoms with Crippen LogP contribution in [0.4, 0.5) is 4.39 Å². The zero-order valence-electron chi connectivity index (χ0n) is 10.1. The smallest absolute Gasteiger partial charge is 0.277 e. The van der Waals surface area contributed by atoms with Gasteiger partial charge in [0.2, 0.25) is 5.82 Å². The van der Waals surface area contributed by atoms with Gasteiger partial charge in [0.25, 0.3) is 5.89 Å². The second-order valence-electron chi connectivity index (χ2n) is 3.92.